The van der Waals surface area contributed by atoms with E-state index < -0.39 is 0 Å². The maximum Gasteiger partial charge on any atom is 0.0991 e. The highest BCUT2D eigenvalue weighted by Gasteiger charge is 2.03. The van der Waals surface area contributed by atoms with Crippen molar-refractivity contribution in [1.82, 2.24) is 10.6 Å². The second-order valence-electron chi connectivity index (χ2n) is 3.78. The molecule has 0 bridgehead atoms. The van der Waals surface area contributed by atoms with Crippen LogP contribution in [-0.4, -0.2) is 6.17 Å². The Morgan fingerprint density at radius 2 is 1.86 bits per heavy atom. The molecule has 0 saturated carbocycles. The van der Waals surface area contributed by atoms with Gasteiger partial charge in [0.15, 0.2) is 0 Å². The average Bonchev–Trinajstić information content (AvgIpc) is 2.69. The Kier molecular flexibility index (Phi) is 5.96. The average molecular weight is 194 g/mol. The molecule has 0 spiro atoms. The molecule has 2 nitrogen and oxygen atoms in total. The first kappa shape index (κ1) is 11.2. The minimum Gasteiger partial charge on any atom is -0.370 e. The van der Waals surface area contributed by atoms with Gasteiger partial charge in [0.25, 0.3) is 0 Å². The van der Waals surface area contributed by atoms with Gasteiger partial charge < -0.3 is 10.6 Å². The van der Waals surface area contributed by atoms with E-state index in [-0.39, 0.29) is 0 Å². The molecule has 0 aromatic heterocycles. The minimum atomic E-state index is 0.418. The van der Waals surface area contributed by atoms with Crippen molar-refractivity contribution in [3.63, 3.8) is 0 Å². The molecular weight excluding hydrogens is 172 g/mol. The molecule has 14 heavy (non-hydrogen) atoms. The van der Waals surface area contributed by atoms with Gasteiger partial charge in [-0.25, -0.2) is 0 Å². The van der Waals surface area contributed by atoms with Crippen LogP contribution in [0.5, 0.6) is 0 Å². The fourth-order valence-corrected chi connectivity index (χ4v) is 1.55. The summed E-state index contributed by atoms with van der Waals surface area (Å²) in [7, 11) is 0. The molecule has 2 N–H and O–H groups in total. The quantitative estimate of drug-likeness (QED) is 0.481. The van der Waals surface area contributed by atoms with Crippen molar-refractivity contribution < 1.29 is 0 Å². The van der Waals surface area contributed by atoms with E-state index in [0.717, 1.165) is 6.42 Å². The van der Waals surface area contributed by atoms with Crippen molar-refractivity contribution in [2.75, 3.05) is 0 Å². The highest BCUT2D eigenvalue weighted by atomic mass is 15.1. The zero-order valence-electron chi connectivity index (χ0n) is 9.13. The monoisotopic (exact) mass is 194 g/mol. The van der Waals surface area contributed by atoms with E-state index in [1.165, 1.54) is 32.1 Å². The second-order valence-corrected chi connectivity index (χ2v) is 3.78. The van der Waals surface area contributed by atoms with Gasteiger partial charge in [0, 0.05) is 18.8 Å². The smallest absolute Gasteiger partial charge is 0.0991 e. The second kappa shape index (κ2) is 7.48. The standard InChI is InChI=1S/C12H22N2/c1-2-3-4-5-6-7-8-9-12-13-10-11-14-12/h7-8,10-14H,2-6,9H2,1H3/b8-7+. The summed E-state index contributed by atoms with van der Waals surface area (Å²) in [5.74, 6) is 0. The predicted octanol–water partition coefficient (Wildman–Crippen LogP) is 2.89. The van der Waals surface area contributed by atoms with Gasteiger partial charge in [0.2, 0.25) is 0 Å². The molecule has 0 aromatic rings. The van der Waals surface area contributed by atoms with Crippen molar-refractivity contribution in [3.05, 3.63) is 24.6 Å². The van der Waals surface area contributed by atoms with Crippen LogP contribution in [0.4, 0.5) is 0 Å². The molecule has 0 aliphatic carbocycles. The Hall–Kier alpha value is -0.920. The van der Waals surface area contributed by atoms with Crippen LogP contribution in [0.25, 0.3) is 0 Å². The number of unbranched alkanes of at least 4 members (excludes halogenated alkanes) is 4. The van der Waals surface area contributed by atoms with E-state index in [9.17, 15) is 0 Å². The molecule has 0 unspecified atom stereocenters. The third kappa shape index (κ3) is 4.95. The van der Waals surface area contributed by atoms with Crippen LogP contribution in [-0.2, 0) is 0 Å². The molecule has 80 valence electrons. The zero-order chi connectivity index (χ0) is 10.1. The lowest BCUT2D eigenvalue weighted by molar-refractivity contribution is 0.577. The van der Waals surface area contributed by atoms with Crippen molar-refractivity contribution >= 4 is 0 Å². The predicted molar refractivity (Wildman–Crippen MR) is 61.7 cm³/mol. The first-order valence-electron chi connectivity index (χ1n) is 5.75. The summed E-state index contributed by atoms with van der Waals surface area (Å²) < 4.78 is 0. The van der Waals surface area contributed by atoms with E-state index in [4.69, 9.17) is 0 Å². The van der Waals surface area contributed by atoms with Crippen molar-refractivity contribution in [2.45, 2.75) is 51.6 Å². The van der Waals surface area contributed by atoms with Gasteiger partial charge in [-0.1, -0.05) is 38.3 Å². The van der Waals surface area contributed by atoms with Crippen LogP contribution in [0.15, 0.2) is 24.6 Å². The van der Waals surface area contributed by atoms with Gasteiger partial charge in [-0.3, -0.25) is 0 Å². The summed E-state index contributed by atoms with van der Waals surface area (Å²) in [5, 5.41) is 6.45. The van der Waals surface area contributed by atoms with Gasteiger partial charge in [0.1, 0.15) is 0 Å². The zero-order valence-corrected chi connectivity index (χ0v) is 9.13. The van der Waals surface area contributed by atoms with Crippen LogP contribution in [0.2, 0.25) is 0 Å². The summed E-state index contributed by atoms with van der Waals surface area (Å²) in [6, 6.07) is 0. The van der Waals surface area contributed by atoms with Crippen molar-refractivity contribution in [2.24, 2.45) is 0 Å². The van der Waals surface area contributed by atoms with Gasteiger partial charge in [-0.05, 0) is 12.8 Å². The third-order valence-electron chi connectivity index (χ3n) is 2.44. The van der Waals surface area contributed by atoms with Crippen LogP contribution < -0.4 is 10.6 Å². The van der Waals surface area contributed by atoms with E-state index >= 15 is 0 Å². The Bertz CT molecular complexity index is 177. The summed E-state index contributed by atoms with van der Waals surface area (Å²) in [5.41, 5.74) is 0. The molecule has 1 aliphatic rings. The first-order chi connectivity index (χ1) is 6.93. The number of nitrogens with one attached hydrogen (secondary N) is 2. The molecule has 1 aliphatic heterocycles. The molecule has 1 rings (SSSR count). The van der Waals surface area contributed by atoms with Crippen LogP contribution >= 0.6 is 0 Å². The lowest BCUT2D eigenvalue weighted by Crippen LogP contribution is -2.29. The van der Waals surface area contributed by atoms with Gasteiger partial charge >= 0.3 is 0 Å². The fraction of sp³-hybridized carbons (Fsp3) is 0.667. The van der Waals surface area contributed by atoms with Crippen LogP contribution in [0, 0.1) is 0 Å². The molecule has 2 heteroatoms. The number of rotatable bonds is 7. The highest BCUT2D eigenvalue weighted by molar-refractivity contribution is 4.95. The Balaban J connectivity index is 1.88. The number of allylic oxidation sites excluding steroid dienone is 1. The first-order valence-corrected chi connectivity index (χ1v) is 5.75. The Morgan fingerprint density at radius 3 is 2.57 bits per heavy atom. The summed E-state index contributed by atoms with van der Waals surface area (Å²) >= 11 is 0. The summed E-state index contributed by atoms with van der Waals surface area (Å²) in [6.07, 6.45) is 16.6. The molecule has 0 amide bonds. The van der Waals surface area contributed by atoms with Crippen LogP contribution in [0.1, 0.15) is 45.4 Å². The van der Waals surface area contributed by atoms with E-state index in [2.05, 4.69) is 29.7 Å². The lowest BCUT2D eigenvalue weighted by atomic mass is 10.1. The fourth-order valence-electron chi connectivity index (χ4n) is 1.55. The van der Waals surface area contributed by atoms with E-state index in [0.29, 0.717) is 6.17 Å². The maximum atomic E-state index is 3.22. The number of hydrogen-bond donors (Lipinski definition) is 2. The highest BCUT2D eigenvalue weighted by Crippen LogP contribution is 2.04. The van der Waals surface area contributed by atoms with Crippen LogP contribution in [0.3, 0.4) is 0 Å². The normalized spacial score (nSPS) is 16.1. The maximum absolute atomic E-state index is 3.22. The summed E-state index contributed by atoms with van der Waals surface area (Å²) in [4.78, 5) is 0. The molecule has 0 aromatic carbocycles. The number of hydrogen-bond acceptors (Lipinski definition) is 2. The summed E-state index contributed by atoms with van der Waals surface area (Å²) in [6.45, 7) is 2.25. The van der Waals surface area contributed by atoms with Gasteiger partial charge in [-0.15, -0.1) is 0 Å². The molecular formula is C12H22N2. The van der Waals surface area contributed by atoms with Crippen molar-refractivity contribution in [3.8, 4) is 0 Å². The lowest BCUT2D eigenvalue weighted by Gasteiger charge is -2.08. The van der Waals surface area contributed by atoms with E-state index in [1.54, 1.807) is 0 Å². The van der Waals surface area contributed by atoms with Gasteiger partial charge in [-0.2, -0.15) is 0 Å². The topological polar surface area (TPSA) is 24.1 Å². The molecule has 0 atom stereocenters. The Morgan fingerprint density at radius 1 is 1.07 bits per heavy atom. The molecule has 0 fully saturated rings. The molecule has 1 heterocycles. The minimum absolute atomic E-state index is 0.418. The third-order valence-corrected chi connectivity index (χ3v) is 2.44. The van der Waals surface area contributed by atoms with Crippen molar-refractivity contribution in [1.29, 1.82) is 0 Å². The molecule has 0 radical (unpaired) electrons. The SMILES string of the molecule is CCCCCC/C=C/CC1NC=CN1. The largest absolute Gasteiger partial charge is 0.370 e. The van der Waals surface area contributed by atoms with Gasteiger partial charge in [0.05, 0.1) is 6.17 Å². The Labute approximate surface area is 87.5 Å². The van der Waals surface area contributed by atoms with E-state index in [1.807, 2.05) is 12.4 Å². The molecule has 0 saturated heterocycles.